The quantitative estimate of drug-likeness (QED) is 0.802. The minimum Gasteiger partial charge on any atom is -0.323 e. The molecule has 1 atom stereocenters. The molecule has 2 N–H and O–H groups in total. The van der Waals surface area contributed by atoms with Crippen molar-refractivity contribution >= 4 is 23.1 Å². The SMILES string of the molecule is Cc1csc(SCC(N)c2ccc(CC(C)C)cc2)n1. The van der Waals surface area contributed by atoms with E-state index in [9.17, 15) is 0 Å². The molecule has 2 rings (SSSR count). The lowest BCUT2D eigenvalue weighted by atomic mass is 10.0. The van der Waals surface area contributed by atoms with Crippen LogP contribution in [0.5, 0.6) is 0 Å². The fourth-order valence-electron chi connectivity index (χ4n) is 2.03. The van der Waals surface area contributed by atoms with Gasteiger partial charge in [0, 0.05) is 22.9 Å². The molecule has 0 aliphatic carbocycles. The number of aromatic nitrogens is 1. The molecule has 0 saturated heterocycles. The summed E-state index contributed by atoms with van der Waals surface area (Å²) >= 11 is 3.43. The van der Waals surface area contributed by atoms with Crippen LogP contribution in [0.25, 0.3) is 0 Å². The Hall–Kier alpha value is -0.840. The minimum atomic E-state index is 0.0670. The lowest BCUT2D eigenvalue weighted by molar-refractivity contribution is 0.647. The molecule has 0 spiro atoms. The van der Waals surface area contributed by atoms with Crippen LogP contribution in [0.4, 0.5) is 0 Å². The highest BCUT2D eigenvalue weighted by Crippen LogP contribution is 2.26. The summed E-state index contributed by atoms with van der Waals surface area (Å²) in [5, 5.41) is 2.08. The molecule has 0 radical (unpaired) electrons. The number of nitrogens with two attached hydrogens (primary N) is 1. The molecule has 0 amide bonds. The van der Waals surface area contributed by atoms with E-state index in [0.717, 1.165) is 22.2 Å². The zero-order valence-electron chi connectivity index (χ0n) is 12.3. The van der Waals surface area contributed by atoms with Crippen LogP contribution in [0.3, 0.4) is 0 Å². The molecule has 0 aliphatic heterocycles. The van der Waals surface area contributed by atoms with E-state index in [-0.39, 0.29) is 6.04 Å². The third-order valence-electron chi connectivity index (χ3n) is 3.04. The van der Waals surface area contributed by atoms with Crippen molar-refractivity contribution < 1.29 is 0 Å². The number of thioether (sulfide) groups is 1. The second kappa shape index (κ2) is 7.25. The van der Waals surface area contributed by atoms with Crippen molar-refractivity contribution in [3.05, 3.63) is 46.5 Å². The predicted octanol–water partition coefficient (Wildman–Crippen LogP) is 4.44. The second-order valence-corrected chi connectivity index (χ2v) is 7.64. The Labute approximate surface area is 129 Å². The van der Waals surface area contributed by atoms with Gasteiger partial charge in [-0.1, -0.05) is 49.9 Å². The molecule has 20 heavy (non-hydrogen) atoms. The zero-order chi connectivity index (χ0) is 14.5. The molecule has 2 aromatic rings. The first kappa shape index (κ1) is 15.5. The highest BCUT2D eigenvalue weighted by Gasteiger charge is 2.09. The van der Waals surface area contributed by atoms with Crippen LogP contribution in [0.2, 0.25) is 0 Å². The van der Waals surface area contributed by atoms with Crippen molar-refractivity contribution in [2.75, 3.05) is 5.75 Å². The molecular weight excluding hydrogens is 284 g/mol. The summed E-state index contributed by atoms with van der Waals surface area (Å²) in [6.45, 7) is 6.51. The van der Waals surface area contributed by atoms with E-state index in [1.807, 2.05) is 6.92 Å². The molecule has 108 valence electrons. The van der Waals surface area contributed by atoms with E-state index in [1.165, 1.54) is 11.1 Å². The van der Waals surface area contributed by atoms with Crippen LogP contribution in [0.1, 0.15) is 36.7 Å². The summed E-state index contributed by atoms with van der Waals surface area (Å²) in [6.07, 6.45) is 1.13. The van der Waals surface area contributed by atoms with Gasteiger partial charge < -0.3 is 5.73 Å². The summed E-state index contributed by atoms with van der Waals surface area (Å²) in [5.74, 6) is 1.56. The second-order valence-electron chi connectivity index (χ2n) is 5.51. The van der Waals surface area contributed by atoms with Crippen LogP contribution in [0.15, 0.2) is 34.0 Å². The highest BCUT2D eigenvalue weighted by atomic mass is 32.2. The fourth-order valence-corrected chi connectivity index (χ4v) is 3.89. The molecule has 0 bridgehead atoms. The maximum absolute atomic E-state index is 6.26. The average Bonchev–Trinajstić information content (AvgIpc) is 2.82. The summed E-state index contributed by atoms with van der Waals surface area (Å²) in [4.78, 5) is 4.45. The van der Waals surface area contributed by atoms with E-state index in [2.05, 4.69) is 48.5 Å². The molecule has 1 heterocycles. The minimum absolute atomic E-state index is 0.0670. The molecule has 0 fully saturated rings. The van der Waals surface area contributed by atoms with Gasteiger partial charge in [0.25, 0.3) is 0 Å². The topological polar surface area (TPSA) is 38.9 Å². The van der Waals surface area contributed by atoms with E-state index >= 15 is 0 Å². The first-order valence-corrected chi connectivity index (χ1v) is 8.80. The number of benzene rings is 1. The van der Waals surface area contributed by atoms with Crippen molar-refractivity contribution in [3.8, 4) is 0 Å². The number of hydrogen-bond acceptors (Lipinski definition) is 4. The largest absolute Gasteiger partial charge is 0.323 e. The molecule has 0 aliphatic rings. The Balaban J connectivity index is 1.90. The van der Waals surface area contributed by atoms with Gasteiger partial charge in [-0.05, 0) is 30.4 Å². The molecule has 4 heteroatoms. The first-order valence-electron chi connectivity index (χ1n) is 6.94. The number of aryl methyl sites for hydroxylation is 1. The molecule has 2 nitrogen and oxygen atoms in total. The Morgan fingerprint density at radius 2 is 1.95 bits per heavy atom. The number of rotatable bonds is 6. The van der Waals surface area contributed by atoms with Crippen molar-refractivity contribution in [1.29, 1.82) is 0 Å². The van der Waals surface area contributed by atoms with Crippen LogP contribution >= 0.6 is 23.1 Å². The van der Waals surface area contributed by atoms with Crippen LogP contribution in [0, 0.1) is 12.8 Å². The fraction of sp³-hybridized carbons (Fsp3) is 0.438. The Kier molecular flexibility index (Phi) is 5.64. The maximum Gasteiger partial charge on any atom is 0.150 e. The van der Waals surface area contributed by atoms with Gasteiger partial charge in [-0.2, -0.15) is 0 Å². The van der Waals surface area contributed by atoms with E-state index < -0.39 is 0 Å². The molecule has 0 saturated carbocycles. The highest BCUT2D eigenvalue weighted by molar-refractivity contribution is 8.01. The number of thiazole rings is 1. The summed E-state index contributed by atoms with van der Waals surface area (Å²) in [7, 11) is 0. The number of nitrogens with zero attached hydrogens (tertiary/aromatic N) is 1. The smallest absolute Gasteiger partial charge is 0.150 e. The van der Waals surface area contributed by atoms with Gasteiger partial charge in [0.15, 0.2) is 0 Å². The van der Waals surface area contributed by atoms with Gasteiger partial charge in [-0.25, -0.2) is 4.98 Å². The predicted molar refractivity (Wildman–Crippen MR) is 89.5 cm³/mol. The van der Waals surface area contributed by atoms with Crippen molar-refractivity contribution in [3.63, 3.8) is 0 Å². The Morgan fingerprint density at radius 1 is 1.25 bits per heavy atom. The zero-order valence-corrected chi connectivity index (χ0v) is 13.9. The Morgan fingerprint density at radius 3 is 2.50 bits per heavy atom. The monoisotopic (exact) mass is 306 g/mol. The van der Waals surface area contributed by atoms with Gasteiger partial charge in [0.2, 0.25) is 0 Å². The summed E-state index contributed by atoms with van der Waals surface area (Å²) in [5.41, 5.74) is 9.94. The third kappa shape index (κ3) is 4.62. The maximum atomic E-state index is 6.26. The van der Waals surface area contributed by atoms with Crippen LogP contribution in [-0.4, -0.2) is 10.7 Å². The van der Waals surface area contributed by atoms with Crippen molar-refractivity contribution in [2.45, 2.75) is 37.6 Å². The van der Waals surface area contributed by atoms with Crippen LogP contribution in [-0.2, 0) is 6.42 Å². The lowest BCUT2D eigenvalue weighted by Gasteiger charge is -2.12. The number of hydrogen-bond donors (Lipinski definition) is 1. The lowest BCUT2D eigenvalue weighted by Crippen LogP contribution is -2.13. The van der Waals surface area contributed by atoms with Crippen molar-refractivity contribution in [2.24, 2.45) is 11.7 Å². The van der Waals surface area contributed by atoms with Gasteiger partial charge >= 0.3 is 0 Å². The van der Waals surface area contributed by atoms with Crippen LogP contribution < -0.4 is 5.73 Å². The summed E-state index contributed by atoms with van der Waals surface area (Å²) < 4.78 is 1.11. The average molecular weight is 306 g/mol. The van der Waals surface area contributed by atoms with E-state index in [0.29, 0.717) is 5.92 Å². The third-order valence-corrected chi connectivity index (χ3v) is 5.29. The van der Waals surface area contributed by atoms with Gasteiger partial charge in [0.1, 0.15) is 4.34 Å². The van der Waals surface area contributed by atoms with Gasteiger partial charge in [0.05, 0.1) is 0 Å². The normalized spacial score (nSPS) is 12.8. The Bertz CT molecular complexity index is 532. The molecular formula is C16H22N2S2. The van der Waals surface area contributed by atoms with Gasteiger partial charge in [-0.3, -0.25) is 0 Å². The van der Waals surface area contributed by atoms with Crippen molar-refractivity contribution in [1.82, 2.24) is 4.98 Å². The molecule has 1 aromatic heterocycles. The van der Waals surface area contributed by atoms with Gasteiger partial charge in [-0.15, -0.1) is 11.3 Å². The summed E-state index contributed by atoms with van der Waals surface area (Å²) in [6, 6.07) is 8.80. The van der Waals surface area contributed by atoms with E-state index in [4.69, 9.17) is 5.73 Å². The standard InChI is InChI=1S/C16H22N2S2/c1-11(2)8-13-4-6-14(7-5-13)15(17)10-20-16-18-12(3)9-19-16/h4-7,9,11,15H,8,10,17H2,1-3H3. The molecule has 1 aromatic carbocycles. The first-order chi connectivity index (χ1) is 9.54. The molecule has 1 unspecified atom stereocenters. The van der Waals surface area contributed by atoms with E-state index in [1.54, 1.807) is 23.1 Å².